The van der Waals surface area contributed by atoms with Crippen molar-refractivity contribution in [3.63, 3.8) is 0 Å². The first-order valence-corrected chi connectivity index (χ1v) is 11.0. The van der Waals surface area contributed by atoms with E-state index in [2.05, 4.69) is 10.6 Å². The summed E-state index contributed by atoms with van der Waals surface area (Å²) in [4.78, 5) is 39.0. The quantitative estimate of drug-likeness (QED) is 0.522. The second-order valence-corrected chi connectivity index (χ2v) is 7.97. The third-order valence-corrected chi connectivity index (χ3v) is 5.77. The van der Waals surface area contributed by atoms with E-state index < -0.39 is 18.0 Å². The zero-order valence-corrected chi connectivity index (χ0v) is 18.8. The molecule has 0 aromatic heterocycles. The molecular weight excluding hydrogens is 432 g/mol. The Morgan fingerprint density at radius 1 is 1.00 bits per heavy atom. The fourth-order valence-corrected chi connectivity index (χ4v) is 4.04. The number of anilines is 2. The Balaban J connectivity index is 1.43. The van der Waals surface area contributed by atoms with Crippen molar-refractivity contribution in [2.75, 3.05) is 23.9 Å². The number of urea groups is 1. The van der Waals surface area contributed by atoms with Gasteiger partial charge in [-0.2, -0.15) is 0 Å². The van der Waals surface area contributed by atoms with Crippen LogP contribution in [-0.4, -0.2) is 37.5 Å². The summed E-state index contributed by atoms with van der Waals surface area (Å²) in [5.41, 5.74) is 8.84. The van der Waals surface area contributed by atoms with E-state index in [4.69, 9.17) is 10.5 Å². The summed E-state index contributed by atoms with van der Waals surface area (Å²) < 4.78 is 5.11. The van der Waals surface area contributed by atoms with Crippen molar-refractivity contribution < 1.29 is 19.1 Å². The molecule has 1 heterocycles. The average molecular weight is 459 g/mol. The van der Waals surface area contributed by atoms with Crippen molar-refractivity contribution in [2.24, 2.45) is 5.73 Å². The summed E-state index contributed by atoms with van der Waals surface area (Å²) in [6, 6.07) is 20.4. The van der Waals surface area contributed by atoms with E-state index >= 15 is 0 Å². The molecule has 8 heteroatoms. The molecule has 8 nitrogen and oxygen atoms in total. The van der Waals surface area contributed by atoms with Gasteiger partial charge in [-0.1, -0.05) is 30.3 Å². The Hall–Kier alpha value is -4.33. The van der Waals surface area contributed by atoms with Gasteiger partial charge in [0.2, 0.25) is 11.8 Å². The molecule has 174 valence electrons. The number of piperidine rings is 1. The highest BCUT2D eigenvalue weighted by molar-refractivity contribution is 6.02. The molecule has 4 amide bonds. The predicted octanol–water partition coefficient (Wildman–Crippen LogP) is 3.78. The number of hydrogen-bond donors (Lipinski definition) is 3. The molecule has 1 atom stereocenters. The van der Waals surface area contributed by atoms with E-state index in [0.717, 1.165) is 23.2 Å². The molecule has 3 aromatic carbocycles. The Kier molecular flexibility index (Phi) is 6.77. The minimum atomic E-state index is -0.623. The van der Waals surface area contributed by atoms with Gasteiger partial charge in [0.25, 0.3) is 0 Å². The van der Waals surface area contributed by atoms with Crippen LogP contribution in [0.3, 0.4) is 0 Å². The van der Waals surface area contributed by atoms with Gasteiger partial charge in [-0.25, -0.2) is 4.79 Å². The molecule has 0 spiro atoms. The number of rotatable bonds is 6. The van der Waals surface area contributed by atoms with Gasteiger partial charge in [-0.3, -0.25) is 9.59 Å². The highest BCUT2D eigenvalue weighted by Crippen LogP contribution is 2.28. The first kappa shape index (κ1) is 22.8. The molecule has 0 radical (unpaired) electrons. The molecule has 3 aromatic rings. The summed E-state index contributed by atoms with van der Waals surface area (Å²) >= 11 is 0. The van der Waals surface area contributed by atoms with E-state index in [-0.39, 0.29) is 5.91 Å². The van der Waals surface area contributed by atoms with Crippen LogP contribution in [0.5, 0.6) is 5.75 Å². The van der Waals surface area contributed by atoms with Crippen LogP contribution < -0.4 is 26.0 Å². The zero-order chi connectivity index (χ0) is 24.1. The molecule has 0 bridgehead atoms. The second-order valence-electron chi connectivity index (χ2n) is 7.97. The summed E-state index contributed by atoms with van der Waals surface area (Å²) in [6.45, 7) is 0.564. The fraction of sp³-hybridized carbons (Fsp3) is 0.192. The number of carbonyl (C=O) groups is 3. The fourth-order valence-electron chi connectivity index (χ4n) is 4.04. The van der Waals surface area contributed by atoms with Gasteiger partial charge in [-0.05, 0) is 66.4 Å². The predicted molar refractivity (Wildman–Crippen MR) is 131 cm³/mol. The maximum Gasteiger partial charge on any atom is 0.319 e. The van der Waals surface area contributed by atoms with Gasteiger partial charge in [-0.15, -0.1) is 0 Å². The van der Waals surface area contributed by atoms with E-state index in [9.17, 15) is 14.4 Å². The van der Waals surface area contributed by atoms with Gasteiger partial charge >= 0.3 is 6.03 Å². The van der Waals surface area contributed by atoms with Gasteiger partial charge in [0.1, 0.15) is 11.8 Å². The highest BCUT2D eigenvalue weighted by atomic mass is 16.5. The zero-order valence-electron chi connectivity index (χ0n) is 18.8. The third-order valence-electron chi connectivity index (χ3n) is 5.77. The van der Waals surface area contributed by atoms with Gasteiger partial charge in [0.05, 0.1) is 7.11 Å². The Morgan fingerprint density at radius 3 is 2.38 bits per heavy atom. The Labute approximate surface area is 197 Å². The number of ether oxygens (including phenoxy) is 1. The lowest BCUT2D eigenvalue weighted by Gasteiger charge is -2.32. The van der Waals surface area contributed by atoms with E-state index in [1.54, 1.807) is 48.4 Å². The molecule has 0 saturated carbocycles. The van der Waals surface area contributed by atoms with Crippen molar-refractivity contribution in [2.45, 2.75) is 18.9 Å². The van der Waals surface area contributed by atoms with Gasteiger partial charge in [0, 0.05) is 23.5 Å². The summed E-state index contributed by atoms with van der Waals surface area (Å²) in [6.07, 6.45) is 1.32. The van der Waals surface area contributed by atoms with Crippen LogP contribution in [0.2, 0.25) is 0 Å². The molecular formula is C26H26N4O4. The summed E-state index contributed by atoms with van der Waals surface area (Å²) in [7, 11) is 1.57. The minimum Gasteiger partial charge on any atom is -0.497 e. The van der Waals surface area contributed by atoms with Crippen LogP contribution in [0.25, 0.3) is 11.1 Å². The van der Waals surface area contributed by atoms with Crippen molar-refractivity contribution in [1.82, 2.24) is 5.32 Å². The van der Waals surface area contributed by atoms with Crippen LogP contribution in [0, 0.1) is 0 Å². The lowest BCUT2D eigenvalue weighted by Crippen LogP contribution is -2.53. The number of methoxy groups -OCH3 is 1. The summed E-state index contributed by atoms with van der Waals surface area (Å²) in [5.74, 6) is 0.0299. The number of carbonyl (C=O) groups excluding carboxylic acids is 3. The number of primary amides is 1. The molecule has 1 aliphatic rings. The smallest absolute Gasteiger partial charge is 0.319 e. The van der Waals surface area contributed by atoms with Crippen LogP contribution in [0.1, 0.15) is 23.2 Å². The molecule has 1 aliphatic heterocycles. The number of benzene rings is 3. The standard InChI is InChI=1S/C26H26N4O4/c1-34-20-14-10-18(11-15-20)28-26(33)29-23-7-4-16-30(25(23)32)19-12-8-17(9-13-19)21-5-2-3-6-22(21)24(27)31/h2-3,5-6,8-15,23H,4,7,16H2,1H3,(H2,27,31)(H2,28,29,33)/t23-/m1/s1. The van der Waals surface area contributed by atoms with Crippen LogP contribution >= 0.6 is 0 Å². The average Bonchev–Trinajstić information content (AvgIpc) is 2.86. The molecule has 1 saturated heterocycles. The Morgan fingerprint density at radius 2 is 1.71 bits per heavy atom. The van der Waals surface area contributed by atoms with E-state index in [0.29, 0.717) is 30.0 Å². The van der Waals surface area contributed by atoms with Crippen LogP contribution in [0.15, 0.2) is 72.8 Å². The largest absolute Gasteiger partial charge is 0.497 e. The molecule has 4 N–H and O–H groups in total. The number of nitrogens with zero attached hydrogens (tertiary/aromatic N) is 1. The molecule has 34 heavy (non-hydrogen) atoms. The molecule has 0 unspecified atom stereocenters. The monoisotopic (exact) mass is 458 g/mol. The first-order chi connectivity index (χ1) is 16.5. The van der Waals surface area contributed by atoms with Crippen LogP contribution in [0.4, 0.5) is 16.2 Å². The van der Waals surface area contributed by atoms with Crippen molar-refractivity contribution >= 4 is 29.2 Å². The maximum atomic E-state index is 13.1. The van der Waals surface area contributed by atoms with Crippen molar-refractivity contribution in [3.8, 4) is 16.9 Å². The molecule has 4 rings (SSSR count). The lowest BCUT2D eigenvalue weighted by atomic mass is 9.98. The third kappa shape index (κ3) is 5.01. The Bertz CT molecular complexity index is 1190. The molecule has 1 fully saturated rings. The van der Waals surface area contributed by atoms with Gasteiger partial charge < -0.3 is 26.0 Å². The molecule has 0 aliphatic carbocycles. The number of nitrogens with one attached hydrogen (secondary N) is 2. The summed E-state index contributed by atoms with van der Waals surface area (Å²) in [5, 5.41) is 5.52. The lowest BCUT2D eigenvalue weighted by molar-refractivity contribution is -0.121. The van der Waals surface area contributed by atoms with Crippen molar-refractivity contribution in [3.05, 3.63) is 78.4 Å². The second kappa shape index (κ2) is 10.1. The topological polar surface area (TPSA) is 114 Å². The first-order valence-electron chi connectivity index (χ1n) is 11.0. The highest BCUT2D eigenvalue weighted by Gasteiger charge is 2.31. The number of amides is 4. The van der Waals surface area contributed by atoms with Crippen molar-refractivity contribution in [1.29, 1.82) is 0 Å². The normalized spacial score (nSPS) is 15.5. The number of hydrogen-bond acceptors (Lipinski definition) is 4. The maximum absolute atomic E-state index is 13.1. The SMILES string of the molecule is COc1ccc(NC(=O)N[C@@H]2CCCN(c3ccc(-c4ccccc4C(N)=O)cc3)C2=O)cc1. The van der Waals surface area contributed by atoms with Gasteiger partial charge in [0.15, 0.2) is 0 Å². The number of nitrogens with two attached hydrogens (primary N) is 1. The van der Waals surface area contributed by atoms with E-state index in [1.165, 1.54) is 0 Å². The van der Waals surface area contributed by atoms with E-state index in [1.807, 2.05) is 36.4 Å². The minimum absolute atomic E-state index is 0.165. The van der Waals surface area contributed by atoms with Crippen LogP contribution in [-0.2, 0) is 4.79 Å².